The molecule has 0 spiro atoms. The molecule has 2 aliphatic carbocycles. The molecule has 0 bridgehead atoms. The molecule has 1 aromatic rings. The minimum atomic E-state index is -0.0814. The quantitative estimate of drug-likeness (QED) is 0.229. The Hall–Kier alpha value is -2.05. The van der Waals surface area contributed by atoms with Gasteiger partial charge in [0, 0.05) is 18.1 Å². The molecule has 0 heterocycles. The summed E-state index contributed by atoms with van der Waals surface area (Å²) in [6.07, 6.45) is 13.2. The van der Waals surface area contributed by atoms with Gasteiger partial charge in [-0.25, -0.2) is 0 Å². The third-order valence-corrected chi connectivity index (χ3v) is 6.53. The van der Waals surface area contributed by atoms with Gasteiger partial charge in [0.05, 0.1) is 12.0 Å². The standard InChI is InChI=1S/C27H36O3/c1-3-5-6-21-9-15-24(16-10-21)27(28)30-26-19-13-23(14-20-26)8-7-22-11-17-25(18-12-22)29-4-2/h3,13-14,19-22,24-25H,1,4-6,9-12,15-18H2,2H3/t21-,22-,24-,25-. The van der Waals surface area contributed by atoms with Crippen LogP contribution in [0.3, 0.4) is 0 Å². The minimum Gasteiger partial charge on any atom is -0.426 e. The van der Waals surface area contributed by atoms with Crippen molar-refractivity contribution < 1.29 is 14.3 Å². The highest BCUT2D eigenvalue weighted by molar-refractivity contribution is 5.75. The van der Waals surface area contributed by atoms with E-state index in [2.05, 4.69) is 25.3 Å². The number of allylic oxidation sites excluding steroid dienone is 1. The van der Waals surface area contributed by atoms with Crippen molar-refractivity contribution in [3.8, 4) is 17.6 Å². The van der Waals surface area contributed by atoms with Gasteiger partial charge < -0.3 is 9.47 Å². The third kappa shape index (κ3) is 7.03. The van der Waals surface area contributed by atoms with Crippen molar-refractivity contribution in [2.75, 3.05) is 6.61 Å². The molecule has 0 aliphatic heterocycles. The SMILES string of the molecule is C=CCC[C@H]1CC[C@H](C(=O)Oc2ccc(C#C[C@H]3CC[C@H](OCC)CC3)cc2)CC1. The van der Waals surface area contributed by atoms with Gasteiger partial charge >= 0.3 is 5.97 Å². The van der Waals surface area contributed by atoms with Crippen LogP contribution in [0.4, 0.5) is 0 Å². The Bertz CT molecular complexity index is 724. The molecule has 0 N–H and O–H groups in total. The molecule has 3 heteroatoms. The van der Waals surface area contributed by atoms with Crippen molar-refractivity contribution in [2.24, 2.45) is 17.8 Å². The first-order valence-electron chi connectivity index (χ1n) is 11.7. The number of ether oxygens (including phenoxy) is 2. The van der Waals surface area contributed by atoms with Crippen molar-refractivity contribution in [3.63, 3.8) is 0 Å². The predicted octanol–water partition coefficient (Wildman–Crippen LogP) is 6.31. The second-order valence-corrected chi connectivity index (χ2v) is 8.73. The van der Waals surface area contributed by atoms with Crippen LogP contribution < -0.4 is 4.74 Å². The zero-order valence-corrected chi connectivity index (χ0v) is 18.4. The average Bonchev–Trinajstić information content (AvgIpc) is 2.79. The molecule has 1 aromatic carbocycles. The zero-order chi connectivity index (χ0) is 21.2. The fourth-order valence-electron chi connectivity index (χ4n) is 4.64. The summed E-state index contributed by atoms with van der Waals surface area (Å²) in [5, 5.41) is 0. The Morgan fingerprint density at radius 1 is 1.07 bits per heavy atom. The highest BCUT2D eigenvalue weighted by Gasteiger charge is 2.27. The maximum Gasteiger partial charge on any atom is 0.314 e. The first-order chi connectivity index (χ1) is 14.7. The van der Waals surface area contributed by atoms with Crippen LogP contribution in [0, 0.1) is 29.6 Å². The molecule has 30 heavy (non-hydrogen) atoms. The number of carbonyl (C=O) groups is 1. The second kappa shape index (κ2) is 12.0. The molecular formula is C27H36O3. The molecule has 0 aromatic heterocycles. The first-order valence-corrected chi connectivity index (χ1v) is 11.7. The summed E-state index contributed by atoms with van der Waals surface area (Å²) >= 11 is 0. The average molecular weight is 409 g/mol. The van der Waals surface area contributed by atoms with E-state index in [1.165, 1.54) is 6.42 Å². The van der Waals surface area contributed by atoms with E-state index >= 15 is 0 Å². The lowest BCUT2D eigenvalue weighted by Gasteiger charge is -2.26. The Morgan fingerprint density at radius 3 is 2.40 bits per heavy atom. The number of hydrogen-bond donors (Lipinski definition) is 0. The monoisotopic (exact) mass is 408 g/mol. The van der Waals surface area contributed by atoms with Crippen LogP contribution in [-0.4, -0.2) is 18.7 Å². The molecule has 0 saturated heterocycles. The molecule has 2 aliphatic rings. The second-order valence-electron chi connectivity index (χ2n) is 8.73. The Kier molecular flexibility index (Phi) is 9.02. The third-order valence-electron chi connectivity index (χ3n) is 6.53. The summed E-state index contributed by atoms with van der Waals surface area (Å²) < 4.78 is 11.3. The maximum absolute atomic E-state index is 12.5. The van der Waals surface area contributed by atoms with Gasteiger partial charge in [-0.2, -0.15) is 0 Å². The molecule has 3 rings (SSSR count). The van der Waals surface area contributed by atoms with E-state index in [1.54, 1.807) is 0 Å². The van der Waals surface area contributed by atoms with Gasteiger partial charge in [-0.3, -0.25) is 4.79 Å². The van der Waals surface area contributed by atoms with Gasteiger partial charge in [0.2, 0.25) is 0 Å². The summed E-state index contributed by atoms with van der Waals surface area (Å²) in [6.45, 7) is 6.66. The van der Waals surface area contributed by atoms with E-state index in [0.29, 0.717) is 17.8 Å². The topological polar surface area (TPSA) is 35.5 Å². The fourth-order valence-corrected chi connectivity index (χ4v) is 4.64. The molecule has 162 valence electrons. The summed E-state index contributed by atoms with van der Waals surface area (Å²) in [7, 11) is 0. The lowest BCUT2D eigenvalue weighted by molar-refractivity contribution is -0.140. The summed E-state index contributed by atoms with van der Waals surface area (Å²) in [4.78, 5) is 12.5. The molecule has 3 nitrogen and oxygen atoms in total. The van der Waals surface area contributed by atoms with Gasteiger partial charge in [-0.15, -0.1) is 6.58 Å². The van der Waals surface area contributed by atoms with E-state index in [-0.39, 0.29) is 11.9 Å². The smallest absolute Gasteiger partial charge is 0.314 e. The number of rotatable bonds is 7. The maximum atomic E-state index is 12.5. The van der Waals surface area contributed by atoms with Crippen molar-refractivity contribution in [1.82, 2.24) is 0 Å². The van der Waals surface area contributed by atoms with Crippen molar-refractivity contribution >= 4 is 5.97 Å². The van der Waals surface area contributed by atoms with Crippen LogP contribution in [0.25, 0.3) is 0 Å². The fraction of sp³-hybridized carbons (Fsp3) is 0.593. The first kappa shape index (κ1) is 22.6. The highest BCUT2D eigenvalue weighted by Crippen LogP contribution is 2.32. The van der Waals surface area contributed by atoms with E-state index < -0.39 is 0 Å². The molecule has 0 amide bonds. The van der Waals surface area contributed by atoms with E-state index in [9.17, 15) is 4.79 Å². The van der Waals surface area contributed by atoms with Crippen molar-refractivity contribution in [3.05, 3.63) is 42.5 Å². The molecule has 0 atom stereocenters. The molecule has 0 radical (unpaired) electrons. The van der Waals surface area contributed by atoms with Gasteiger partial charge in [0.15, 0.2) is 0 Å². The van der Waals surface area contributed by atoms with E-state index in [1.807, 2.05) is 30.3 Å². The molecule has 2 saturated carbocycles. The van der Waals surface area contributed by atoms with Crippen molar-refractivity contribution in [1.29, 1.82) is 0 Å². The zero-order valence-electron chi connectivity index (χ0n) is 18.4. The van der Waals surface area contributed by atoms with E-state index in [0.717, 1.165) is 75.9 Å². The summed E-state index contributed by atoms with van der Waals surface area (Å²) in [5.74, 6) is 8.47. The number of carbonyl (C=O) groups excluding carboxylic acids is 1. The highest BCUT2D eigenvalue weighted by atomic mass is 16.5. The van der Waals surface area contributed by atoms with Gasteiger partial charge in [-0.1, -0.05) is 17.9 Å². The minimum absolute atomic E-state index is 0.0382. The number of esters is 1. The number of hydrogen-bond acceptors (Lipinski definition) is 3. The predicted molar refractivity (Wildman–Crippen MR) is 121 cm³/mol. The Balaban J connectivity index is 1.43. The lowest BCUT2D eigenvalue weighted by atomic mass is 9.80. The van der Waals surface area contributed by atoms with Gasteiger partial charge in [0.1, 0.15) is 5.75 Å². The largest absolute Gasteiger partial charge is 0.426 e. The van der Waals surface area contributed by atoms with Crippen LogP contribution in [0.1, 0.15) is 76.7 Å². The van der Waals surface area contributed by atoms with Crippen LogP contribution >= 0.6 is 0 Å². The van der Waals surface area contributed by atoms with Gasteiger partial charge in [-0.05, 0) is 101 Å². The Labute approximate surface area is 182 Å². The van der Waals surface area contributed by atoms with E-state index in [4.69, 9.17) is 9.47 Å². The van der Waals surface area contributed by atoms with Gasteiger partial charge in [0.25, 0.3) is 0 Å². The molecular weight excluding hydrogens is 372 g/mol. The van der Waals surface area contributed by atoms with Crippen LogP contribution in [0.5, 0.6) is 5.75 Å². The summed E-state index contributed by atoms with van der Waals surface area (Å²) in [6, 6.07) is 7.63. The van der Waals surface area contributed by atoms with Crippen molar-refractivity contribution in [2.45, 2.75) is 77.2 Å². The molecule has 0 unspecified atom stereocenters. The lowest BCUT2D eigenvalue weighted by Crippen LogP contribution is -2.25. The normalized spacial score (nSPS) is 26.3. The number of benzene rings is 1. The van der Waals surface area contributed by atoms with Crippen LogP contribution in [0.2, 0.25) is 0 Å². The van der Waals surface area contributed by atoms with Crippen LogP contribution in [0.15, 0.2) is 36.9 Å². The van der Waals surface area contributed by atoms with Crippen LogP contribution in [-0.2, 0) is 9.53 Å². The molecule has 2 fully saturated rings. The Morgan fingerprint density at radius 2 is 1.77 bits per heavy atom. The summed E-state index contributed by atoms with van der Waals surface area (Å²) in [5.41, 5.74) is 0.976.